The average molecular weight is 375 g/mol. The predicted octanol–water partition coefficient (Wildman–Crippen LogP) is 6.88. The van der Waals surface area contributed by atoms with Gasteiger partial charge in [-0.05, 0) is 79.0 Å². The molecule has 0 aromatic heterocycles. The van der Waals surface area contributed by atoms with E-state index in [1.54, 1.807) is 7.11 Å². The SMILES string of the molecule is CCCC1CCC(C(C)Cc2ccc(C#Cc3ccc(OC)cc3)cc2)CC1. The molecular weight excluding hydrogens is 340 g/mol. The molecule has 1 aliphatic rings. The standard InChI is InChI=1S/C27H34O/c1-4-5-22-12-16-26(17-13-22)21(2)20-25-10-8-23(9-11-25)6-7-24-14-18-27(28-3)19-15-24/h8-11,14-15,18-19,21-22,26H,4-5,12-13,16-17,20H2,1-3H3. The Bertz CT molecular complexity index is 768. The summed E-state index contributed by atoms with van der Waals surface area (Å²) in [4.78, 5) is 0. The van der Waals surface area contributed by atoms with Gasteiger partial charge in [-0.3, -0.25) is 0 Å². The summed E-state index contributed by atoms with van der Waals surface area (Å²) in [6.45, 7) is 4.77. The van der Waals surface area contributed by atoms with Gasteiger partial charge in [0.2, 0.25) is 0 Å². The number of rotatable bonds is 6. The van der Waals surface area contributed by atoms with E-state index in [-0.39, 0.29) is 0 Å². The van der Waals surface area contributed by atoms with Gasteiger partial charge in [-0.25, -0.2) is 0 Å². The van der Waals surface area contributed by atoms with Crippen LogP contribution in [0.4, 0.5) is 0 Å². The van der Waals surface area contributed by atoms with Gasteiger partial charge in [0.25, 0.3) is 0 Å². The van der Waals surface area contributed by atoms with Crippen molar-refractivity contribution in [3.63, 3.8) is 0 Å². The molecule has 1 unspecified atom stereocenters. The Morgan fingerprint density at radius 2 is 1.46 bits per heavy atom. The zero-order valence-corrected chi connectivity index (χ0v) is 17.7. The molecule has 1 fully saturated rings. The van der Waals surface area contributed by atoms with Gasteiger partial charge in [-0.1, -0.05) is 63.5 Å². The molecular formula is C27H34O. The molecule has 0 saturated heterocycles. The van der Waals surface area contributed by atoms with Crippen LogP contribution in [-0.4, -0.2) is 7.11 Å². The first-order chi connectivity index (χ1) is 13.7. The van der Waals surface area contributed by atoms with Crippen molar-refractivity contribution in [1.82, 2.24) is 0 Å². The fourth-order valence-electron chi connectivity index (χ4n) is 4.54. The Hall–Kier alpha value is -2.20. The summed E-state index contributed by atoms with van der Waals surface area (Å²) in [5, 5.41) is 0. The normalized spacial score (nSPS) is 20.1. The summed E-state index contributed by atoms with van der Waals surface area (Å²) in [6, 6.07) is 16.7. The Morgan fingerprint density at radius 1 is 0.893 bits per heavy atom. The molecule has 0 aliphatic heterocycles. The second-order valence-corrected chi connectivity index (χ2v) is 8.43. The van der Waals surface area contributed by atoms with Gasteiger partial charge in [-0.2, -0.15) is 0 Å². The fraction of sp³-hybridized carbons (Fsp3) is 0.481. The molecule has 1 nitrogen and oxygen atoms in total. The van der Waals surface area contributed by atoms with E-state index in [9.17, 15) is 0 Å². The third-order valence-corrected chi connectivity index (χ3v) is 6.35. The van der Waals surface area contributed by atoms with E-state index in [0.29, 0.717) is 0 Å². The maximum Gasteiger partial charge on any atom is 0.118 e. The van der Waals surface area contributed by atoms with E-state index < -0.39 is 0 Å². The highest BCUT2D eigenvalue weighted by Gasteiger charge is 2.24. The molecule has 0 bridgehead atoms. The first kappa shape index (κ1) is 20.5. The molecule has 0 N–H and O–H groups in total. The zero-order valence-electron chi connectivity index (χ0n) is 17.7. The highest BCUT2D eigenvalue weighted by Crippen LogP contribution is 2.36. The zero-order chi connectivity index (χ0) is 19.8. The van der Waals surface area contributed by atoms with E-state index >= 15 is 0 Å². The minimum atomic E-state index is 0.777. The molecule has 148 valence electrons. The lowest BCUT2D eigenvalue weighted by atomic mass is 9.74. The van der Waals surface area contributed by atoms with Gasteiger partial charge in [0, 0.05) is 11.1 Å². The van der Waals surface area contributed by atoms with Crippen LogP contribution in [0.3, 0.4) is 0 Å². The second-order valence-electron chi connectivity index (χ2n) is 8.43. The molecule has 1 aliphatic carbocycles. The van der Waals surface area contributed by atoms with Crippen LogP contribution >= 0.6 is 0 Å². The topological polar surface area (TPSA) is 9.23 Å². The van der Waals surface area contributed by atoms with Crippen molar-refractivity contribution in [2.45, 2.75) is 58.8 Å². The van der Waals surface area contributed by atoms with Crippen LogP contribution in [0.5, 0.6) is 5.75 Å². The van der Waals surface area contributed by atoms with Crippen molar-refractivity contribution in [3.05, 3.63) is 65.2 Å². The summed E-state index contributed by atoms with van der Waals surface area (Å²) < 4.78 is 5.19. The second kappa shape index (κ2) is 10.4. The van der Waals surface area contributed by atoms with Gasteiger partial charge in [0.05, 0.1) is 7.11 Å². The number of hydrogen-bond donors (Lipinski definition) is 0. The average Bonchev–Trinajstić information content (AvgIpc) is 2.74. The summed E-state index contributed by atoms with van der Waals surface area (Å²) >= 11 is 0. The first-order valence-corrected chi connectivity index (χ1v) is 10.9. The highest BCUT2D eigenvalue weighted by molar-refractivity contribution is 5.44. The van der Waals surface area contributed by atoms with Crippen LogP contribution in [0.25, 0.3) is 0 Å². The molecule has 1 atom stereocenters. The summed E-state index contributed by atoms with van der Waals surface area (Å²) in [5.41, 5.74) is 3.53. The molecule has 0 amide bonds. The summed E-state index contributed by atoms with van der Waals surface area (Å²) in [5.74, 6) is 10.0. The number of ether oxygens (including phenoxy) is 1. The molecule has 28 heavy (non-hydrogen) atoms. The van der Waals surface area contributed by atoms with Gasteiger partial charge in [0.1, 0.15) is 5.75 Å². The summed E-state index contributed by atoms with van der Waals surface area (Å²) in [6.07, 6.45) is 9.72. The minimum absolute atomic E-state index is 0.777. The molecule has 1 heteroatoms. The van der Waals surface area contributed by atoms with Crippen molar-refractivity contribution in [2.24, 2.45) is 17.8 Å². The monoisotopic (exact) mass is 374 g/mol. The van der Waals surface area contributed by atoms with E-state index in [0.717, 1.165) is 34.6 Å². The van der Waals surface area contributed by atoms with Crippen LogP contribution < -0.4 is 4.74 Å². The van der Waals surface area contributed by atoms with Crippen molar-refractivity contribution < 1.29 is 4.74 Å². The Kier molecular flexibility index (Phi) is 7.61. The van der Waals surface area contributed by atoms with Crippen LogP contribution in [0.1, 0.15) is 69.1 Å². The number of benzene rings is 2. The highest BCUT2D eigenvalue weighted by atomic mass is 16.5. The molecule has 0 radical (unpaired) electrons. The Labute approximate surface area is 171 Å². The maximum absolute atomic E-state index is 5.19. The molecule has 2 aromatic carbocycles. The van der Waals surface area contributed by atoms with Gasteiger partial charge >= 0.3 is 0 Å². The lowest BCUT2D eigenvalue weighted by Crippen LogP contribution is -2.21. The van der Waals surface area contributed by atoms with Crippen LogP contribution in [-0.2, 0) is 6.42 Å². The van der Waals surface area contributed by atoms with Gasteiger partial charge in [-0.15, -0.1) is 0 Å². The third-order valence-electron chi connectivity index (χ3n) is 6.35. The molecule has 0 spiro atoms. The predicted molar refractivity (Wildman–Crippen MR) is 119 cm³/mol. The van der Waals surface area contributed by atoms with Crippen LogP contribution in [0, 0.1) is 29.6 Å². The van der Waals surface area contributed by atoms with Crippen molar-refractivity contribution in [2.75, 3.05) is 7.11 Å². The lowest BCUT2D eigenvalue weighted by molar-refractivity contribution is 0.206. The van der Waals surface area contributed by atoms with Gasteiger partial charge < -0.3 is 4.74 Å². The van der Waals surface area contributed by atoms with Crippen LogP contribution in [0.15, 0.2) is 48.5 Å². The molecule has 2 aromatic rings. The van der Waals surface area contributed by atoms with E-state index in [1.807, 2.05) is 24.3 Å². The third kappa shape index (κ3) is 5.90. The van der Waals surface area contributed by atoms with Crippen LogP contribution in [0.2, 0.25) is 0 Å². The quantitative estimate of drug-likeness (QED) is 0.501. The minimum Gasteiger partial charge on any atom is -0.497 e. The lowest BCUT2D eigenvalue weighted by Gasteiger charge is -2.32. The van der Waals surface area contributed by atoms with Crippen molar-refractivity contribution >= 4 is 0 Å². The van der Waals surface area contributed by atoms with Crippen molar-refractivity contribution in [3.8, 4) is 17.6 Å². The summed E-state index contributed by atoms with van der Waals surface area (Å²) in [7, 11) is 1.68. The van der Waals surface area contributed by atoms with Crippen molar-refractivity contribution in [1.29, 1.82) is 0 Å². The molecule has 0 heterocycles. The molecule has 3 rings (SSSR count). The molecule has 1 saturated carbocycles. The van der Waals surface area contributed by atoms with E-state index in [4.69, 9.17) is 4.74 Å². The Balaban J connectivity index is 1.52. The maximum atomic E-state index is 5.19. The number of hydrogen-bond acceptors (Lipinski definition) is 1. The van der Waals surface area contributed by atoms with Gasteiger partial charge in [0.15, 0.2) is 0 Å². The van der Waals surface area contributed by atoms with E-state index in [2.05, 4.69) is 50.0 Å². The largest absolute Gasteiger partial charge is 0.497 e. The fourth-order valence-corrected chi connectivity index (χ4v) is 4.54. The first-order valence-electron chi connectivity index (χ1n) is 10.9. The Morgan fingerprint density at radius 3 is 2.00 bits per heavy atom. The smallest absolute Gasteiger partial charge is 0.118 e. The number of methoxy groups -OCH3 is 1. The van der Waals surface area contributed by atoms with E-state index in [1.165, 1.54) is 50.5 Å².